The van der Waals surface area contributed by atoms with Crippen molar-refractivity contribution in [2.75, 3.05) is 33.8 Å². The van der Waals surface area contributed by atoms with Crippen LogP contribution in [-0.2, 0) is 4.74 Å². The first-order chi connectivity index (χ1) is 11.1. The molecule has 1 heterocycles. The van der Waals surface area contributed by atoms with E-state index in [2.05, 4.69) is 21.0 Å². The van der Waals surface area contributed by atoms with Gasteiger partial charge < -0.3 is 33.2 Å². The third kappa shape index (κ3) is 16.1. The van der Waals surface area contributed by atoms with Gasteiger partial charge in [-0.3, -0.25) is 0 Å². The fourth-order valence-electron chi connectivity index (χ4n) is 3.55. The maximum atomic E-state index is 5.35. The summed E-state index contributed by atoms with van der Waals surface area (Å²) in [5, 5.41) is 0. The molecule has 1 unspecified atom stereocenters. The Hall–Kier alpha value is 0.650. The molecular weight excluding hydrogens is 409 g/mol. The Morgan fingerprint density at radius 2 is 1.08 bits per heavy atom. The van der Waals surface area contributed by atoms with E-state index in [1.165, 1.54) is 103 Å². The van der Waals surface area contributed by atoms with Crippen LogP contribution in [0.2, 0.25) is 0 Å². The van der Waals surface area contributed by atoms with Gasteiger partial charge in [-0.2, -0.15) is 0 Å². The molecule has 0 amide bonds. The zero-order valence-corrected chi connectivity index (χ0v) is 19.0. The second kappa shape index (κ2) is 15.9. The minimum atomic E-state index is 0. The zero-order chi connectivity index (χ0) is 16.8. The second-order valence-electron chi connectivity index (χ2n) is 8.39. The Bertz CT molecular complexity index is 267. The molecule has 1 aliphatic rings. The highest BCUT2D eigenvalue weighted by Gasteiger charge is 2.30. The number of nitrogens with zero attached hydrogens (tertiary/aromatic N) is 1. The summed E-state index contributed by atoms with van der Waals surface area (Å²) in [6.45, 7) is 5.82. The van der Waals surface area contributed by atoms with Crippen molar-refractivity contribution in [3.05, 3.63) is 0 Å². The lowest BCUT2D eigenvalue weighted by molar-refractivity contribution is -0.891. The van der Waals surface area contributed by atoms with Gasteiger partial charge >= 0.3 is 0 Å². The van der Waals surface area contributed by atoms with Crippen LogP contribution in [0.4, 0.5) is 0 Å². The summed E-state index contributed by atoms with van der Waals surface area (Å²) in [6.07, 6.45) is 20.8. The largest absolute Gasteiger partial charge is 1.00 e. The molecule has 1 atom stereocenters. The van der Waals surface area contributed by atoms with Crippen molar-refractivity contribution >= 4 is 0 Å². The number of rotatable bonds is 17. The van der Waals surface area contributed by atoms with Gasteiger partial charge in [0.15, 0.2) is 0 Å². The maximum Gasteiger partial charge on any atom is 0.130 e. The molecule has 146 valence electrons. The molecule has 0 spiro atoms. The van der Waals surface area contributed by atoms with Gasteiger partial charge in [-0.25, -0.2) is 0 Å². The van der Waals surface area contributed by atoms with Crippen LogP contribution in [0.15, 0.2) is 0 Å². The molecule has 0 aromatic carbocycles. The van der Waals surface area contributed by atoms with Crippen LogP contribution in [-0.4, -0.2) is 44.4 Å². The Labute approximate surface area is 169 Å². The minimum Gasteiger partial charge on any atom is -1.00 e. The van der Waals surface area contributed by atoms with Crippen LogP contribution in [0.3, 0.4) is 0 Å². The van der Waals surface area contributed by atoms with Crippen LogP contribution in [0.1, 0.15) is 96.8 Å². The second-order valence-corrected chi connectivity index (χ2v) is 8.39. The highest BCUT2D eigenvalue weighted by molar-refractivity contribution is 4.67. The van der Waals surface area contributed by atoms with Crippen LogP contribution >= 0.6 is 0 Å². The number of halogens is 1. The third-order valence-corrected chi connectivity index (χ3v) is 5.22. The molecule has 1 rings (SSSR count). The Balaban J connectivity index is 0.00000529. The molecule has 0 bridgehead atoms. The number of unbranched alkanes of at least 4 members (excludes halogenated alkanes) is 13. The van der Waals surface area contributed by atoms with E-state index in [1.807, 2.05) is 0 Å². The Morgan fingerprint density at radius 3 is 1.46 bits per heavy atom. The average molecular weight is 453 g/mol. The molecule has 0 saturated carbocycles. The minimum absolute atomic E-state index is 0. The topological polar surface area (TPSA) is 12.5 Å². The van der Waals surface area contributed by atoms with Crippen molar-refractivity contribution in [2.24, 2.45) is 0 Å². The molecule has 0 aromatic heterocycles. The predicted octanol–water partition coefficient (Wildman–Crippen LogP) is 2.95. The summed E-state index contributed by atoms with van der Waals surface area (Å²) in [7, 11) is 4.70. The van der Waals surface area contributed by atoms with E-state index >= 15 is 0 Å². The fraction of sp³-hybridized carbons (Fsp3) is 1.00. The third-order valence-electron chi connectivity index (χ3n) is 5.22. The van der Waals surface area contributed by atoms with E-state index in [4.69, 9.17) is 4.74 Å². The van der Waals surface area contributed by atoms with E-state index in [0.717, 1.165) is 11.1 Å². The van der Waals surface area contributed by atoms with Crippen molar-refractivity contribution in [2.45, 2.75) is 103 Å². The summed E-state index contributed by atoms with van der Waals surface area (Å²) >= 11 is 0. The average Bonchev–Trinajstić information content (AvgIpc) is 3.30. The molecular formula is C21H44INO. The monoisotopic (exact) mass is 453 g/mol. The van der Waals surface area contributed by atoms with Crippen LogP contribution in [0.5, 0.6) is 0 Å². The van der Waals surface area contributed by atoms with E-state index < -0.39 is 0 Å². The summed E-state index contributed by atoms with van der Waals surface area (Å²) in [5.41, 5.74) is 0. The van der Waals surface area contributed by atoms with Gasteiger partial charge in [-0.1, -0.05) is 84.0 Å². The molecule has 0 N–H and O–H groups in total. The Morgan fingerprint density at radius 1 is 0.708 bits per heavy atom. The molecule has 0 aliphatic carbocycles. The van der Waals surface area contributed by atoms with Gasteiger partial charge in [0.2, 0.25) is 0 Å². The maximum absolute atomic E-state index is 5.35. The molecule has 24 heavy (non-hydrogen) atoms. The van der Waals surface area contributed by atoms with Gasteiger partial charge in [0, 0.05) is 0 Å². The summed E-state index contributed by atoms with van der Waals surface area (Å²) in [5.74, 6) is 0. The van der Waals surface area contributed by atoms with Crippen molar-refractivity contribution in [1.82, 2.24) is 0 Å². The molecule has 1 saturated heterocycles. The lowest BCUT2D eigenvalue weighted by atomic mass is 10.0. The zero-order valence-electron chi connectivity index (χ0n) is 16.8. The molecule has 1 fully saturated rings. The van der Waals surface area contributed by atoms with Crippen molar-refractivity contribution < 1.29 is 33.2 Å². The molecule has 3 heteroatoms. The molecule has 1 aliphatic heterocycles. The summed E-state index contributed by atoms with van der Waals surface area (Å²) in [4.78, 5) is 0. The Kier molecular flexibility index (Phi) is 16.3. The number of ether oxygens (including phenoxy) is 1. The highest BCUT2D eigenvalue weighted by atomic mass is 127. The number of hydrogen-bond donors (Lipinski definition) is 0. The number of likely N-dealkylation sites (N-methyl/N-ethyl adjacent to an activating group) is 1. The van der Waals surface area contributed by atoms with Crippen LogP contribution in [0, 0.1) is 0 Å². The van der Waals surface area contributed by atoms with Crippen LogP contribution < -0.4 is 24.0 Å². The predicted molar refractivity (Wildman–Crippen MR) is 102 cm³/mol. The fourth-order valence-corrected chi connectivity index (χ4v) is 3.55. The summed E-state index contributed by atoms with van der Waals surface area (Å²) < 4.78 is 6.49. The number of epoxide rings is 1. The molecule has 2 nitrogen and oxygen atoms in total. The first-order valence-electron chi connectivity index (χ1n) is 10.6. The molecule has 0 radical (unpaired) electrons. The lowest BCUT2D eigenvalue weighted by Crippen LogP contribution is -3.00. The standard InChI is InChI=1S/C21H44NO.HI/c1-4-5-6-7-8-9-10-11-12-13-14-15-16-17-18-22(2,3)19-21-20-23-21;/h21H,4-20H2,1-3H3;1H/q+1;/p-1. The lowest BCUT2D eigenvalue weighted by Gasteiger charge is -2.29. The van der Waals surface area contributed by atoms with Gasteiger partial charge in [0.25, 0.3) is 0 Å². The van der Waals surface area contributed by atoms with E-state index in [1.54, 1.807) is 0 Å². The van der Waals surface area contributed by atoms with E-state index in [-0.39, 0.29) is 24.0 Å². The van der Waals surface area contributed by atoms with E-state index in [0.29, 0.717) is 6.10 Å². The SMILES string of the molecule is CCCCCCCCCCCCCCCC[N+](C)(C)CC1CO1.[I-]. The highest BCUT2D eigenvalue weighted by Crippen LogP contribution is 2.16. The first kappa shape index (κ1) is 24.7. The number of hydrogen-bond acceptors (Lipinski definition) is 1. The molecule has 0 aromatic rings. The van der Waals surface area contributed by atoms with Crippen molar-refractivity contribution in [1.29, 1.82) is 0 Å². The van der Waals surface area contributed by atoms with E-state index in [9.17, 15) is 0 Å². The summed E-state index contributed by atoms with van der Waals surface area (Å²) in [6, 6.07) is 0. The normalized spacial score (nSPS) is 16.9. The van der Waals surface area contributed by atoms with Gasteiger partial charge in [0.05, 0.1) is 27.2 Å². The van der Waals surface area contributed by atoms with Crippen molar-refractivity contribution in [3.8, 4) is 0 Å². The number of quaternary nitrogens is 1. The first-order valence-corrected chi connectivity index (χ1v) is 10.6. The van der Waals surface area contributed by atoms with Gasteiger partial charge in [0.1, 0.15) is 12.6 Å². The van der Waals surface area contributed by atoms with Crippen molar-refractivity contribution in [3.63, 3.8) is 0 Å². The van der Waals surface area contributed by atoms with Gasteiger partial charge in [-0.15, -0.1) is 0 Å². The quantitative estimate of drug-likeness (QED) is 0.143. The van der Waals surface area contributed by atoms with Crippen LogP contribution in [0.25, 0.3) is 0 Å². The van der Waals surface area contributed by atoms with Gasteiger partial charge in [-0.05, 0) is 12.8 Å². The smallest absolute Gasteiger partial charge is 0.130 e.